The molecule has 1 heterocycles. The number of nitrogens with one attached hydrogen (secondary N) is 2. The fraction of sp³-hybridized carbons (Fsp3) is 0.214. The van der Waals surface area contributed by atoms with E-state index < -0.39 is 0 Å². The molecular formula is C14H15Cl2N4O3+. The second kappa shape index (κ2) is 6.89. The first-order chi connectivity index (χ1) is 10.8. The normalized spacial score (nSPS) is 10.4. The van der Waals surface area contributed by atoms with Crippen LogP contribution >= 0.6 is 23.2 Å². The Bertz CT molecular complexity index is 774. The highest BCUT2D eigenvalue weighted by Crippen LogP contribution is 2.42. The summed E-state index contributed by atoms with van der Waals surface area (Å²) in [5, 5.41) is 15.0. The number of nitrogens with zero attached hydrogens (tertiary/aromatic N) is 2. The van der Waals surface area contributed by atoms with E-state index in [0.717, 1.165) is 0 Å². The van der Waals surface area contributed by atoms with E-state index >= 15 is 0 Å². The van der Waals surface area contributed by atoms with E-state index in [9.17, 15) is 14.7 Å². The highest BCUT2D eigenvalue weighted by atomic mass is 35.5. The SMILES string of the molecule is CC(=O)Nc1c(Cl)cc(NC(=O)Cn2cc[n+](C)c2)c(O)c1Cl. The van der Waals surface area contributed by atoms with Crippen molar-refractivity contribution < 1.29 is 19.3 Å². The molecule has 0 bridgehead atoms. The van der Waals surface area contributed by atoms with Crippen molar-refractivity contribution in [2.75, 3.05) is 10.6 Å². The number of halogens is 2. The van der Waals surface area contributed by atoms with Gasteiger partial charge in [0.2, 0.25) is 12.2 Å². The average molecular weight is 358 g/mol. The topological polar surface area (TPSA) is 87.2 Å². The van der Waals surface area contributed by atoms with Crippen LogP contribution in [0.5, 0.6) is 5.75 Å². The molecular weight excluding hydrogens is 343 g/mol. The number of aryl methyl sites for hydroxylation is 1. The highest BCUT2D eigenvalue weighted by molar-refractivity contribution is 6.41. The number of aromatic hydroxyl groups is 1. The van der Waals surface area contributed by atoms with Crippen LogP contribution in [0.1, 0.15) is 6.92 Å². The van der Waals surface area contributed by atoms with Crippen LogP contribution in [0.4, 0.5) is 11.4 Å². The summed E-state index contributed by atoms with van der Waals surface area (Å²) in [6.45, 7) is 1.35. The number of benzene rings is 1. The number of hydrogen-bond acceptors (Lipinski definition) is 3. The Morgan fingerprint density at radius 2 is 2.04 bits per heavy atom. The molecule has 0 aliphatic rings. The number of carbonyl (C=O) groups is 2. The molecule has 9 heteroatoms. The van der Waals surface area contributed by atoms with Crippen LogP contribution < -0.4 is 15.2 Å². The van der Waals surface area contributed by atoms with E-state index in [4.69, 9.17) is 23.2 Å². The Kier molecular flexibility index (Phi) is 5.12. The van der Waals surface area contributed by atoms with Gasteiger partial charge in [0.15, 0.2) is 12.3 Å². The summed E-state index contributed by atoms with van der Waals surface area (Å²) in [6.07, 6.45) is 5.26. The minimum Gasteiger partial charge on any atom is -0.504 e. The zero-order chi connectivity index (χ0) is 17.1. The van der Waals surface area contributed by atoms with E-state index in [-0.39, 0.29) is 45.5 Å². The van der Waals surface area contributed by atoms with Crippen molar-refractivity contribution in [2.24, 2.45) is 7.05 Å². The van der Waals surface area contributed by atoms with Gasteiger partial charge in [-0.1, -0.05) is 23.2 Å². The number of hydrogen-bond donors (Lipinski definition) is 3. The van der Waals surface area contributed by atoms with E-state index in [1.165, 1.54) is 13.0 Å². The maximum atomic E-state index is 12.0. The number of phenolic OH excluding ortho intramolecular Hbond substituents is 1. The smallest absolute Gasteiger partial charge is 0.266 e. The molecule has 0 spiro atoms. The van der Waals surface area contributed by atoms with Gasteiger partial charge in [-0.05, 0) is 6.07 Å². The molecule has 3 N–H and O–H groups in total. The molecule has 0 fully saturated rings. The van der Waals surface area contributed by atoms with Crippen molar-refractivity contribution in [2.45, 2.75) is 13.5 Å². The van der Waals surface area contributed by atoms with E-state index in [1.54, 1.807) is 27.9 Å². The van der Waals surface area contributed by atoms with Crippen LogP contribution in [0.2, 0.25) is 10.0 Å². The lowest BCUT2D eigenvalue weighted by Crippen LogP contribution is -2.25. The molecule has 0 saturated carbocycles. The standard InChI is InChI=1S/C14H14Cl2N4O3/c1-8(21)17-13-9(15)5-10(14(23)12(13)16)18-11(22)6-20-4-3-19(2)7-20/h3-5,7H,6H2,1-2H3,(H2-,17,18,21,22,23)/p+1. The van der Waals surface area contributed by atoms with Gasteiger partial charge in [0.25, 0.3) is 5.91 Å². The summed E-state index contributed by atoms with van der Waals surface area (Å²) in [5.74, 6) is -1.12. The van der Waals surface area contributed by atoms with E-state index in [1.807, 2.05) is 7.05 Å². The van der Waals surface area contributed by atoms with E-state index in [2.05, 4.69) is 10.6 Å². The van der Waals surface area contributed by atoms with Crippen molar-refractivity contribution >= 4 is 46.4 Å². The van der Waals surface area contributed by atoms with Crippen molar-refractivity contribution in [1.29, 1.82) is 0 Å². The molecule has 0 radical (unpaired) electrons. The van der Waals surface area contributed by atoms with Crippen LogP contribution in [-0.2, 0) is 23.2 Å². The number of rotatable bonds is 4. The molecule has 0 aliphatic carbocycles. The molecule has 7 nitrogen and oxygen atoms in total. The zero-order valence-corrected chi connectivity index (χ0v) is 13.9. The monoisotopic (exact) mass is 357 g/mol. The Morgan fingerprint density at radius 3 is 2.61 bits per heavy atom. The fourth-order valence-electron chi connectivity index (χ4n) is 1.95. The van der Waals surface area contributed by atoms with Crippen LogP contribution in [0.25, 0.3) is 0 Å². The van der Waals surface area contributed by atoms with Gasteiger partial charge in [0.1, 0.15) is 17.4 Å². The van der Waals surface area contributed by atoms with Crippen molar-refractivity contribution in [3.8, 4) is 5.75 Å². The summed E-state index contributed by atoms with van der Waals surface area (Å²) in [5.41, 5.74) is 0.157. The lowest BCUT2D eigenvalue weighted by molar-refractivity contribution is -0.671. The third kappa shape index (κ3) is 4.14. The third-order valence-corrected chi connectivity index (χ3v) is 3.58. The Balaban J connectivity index is 2.20. The molecule has 0 aliphatic heterocycles. The molecule has 0 atom stereocenters. The molecule has 0 saturated heterocycles. The molecule has 2 aromatic rings. The number of phenols is 1. The maximum Gasteiger partial charge on any atom is 0.266 e. The maximum absolute atomic E-state index is 12.0. The van der Waals surface area contributed by atoms with Crippen molar-refractivity contribution in [3.05, 3.63) is 34.8 Å². The molecule has 2 amide bonds. The second-order valence-electron chi connectivity index (χ2n) is 4.92. The first-order valence-electron chi connectivity index (χ1n) is 6.57. The highest BCUT2D eigenvalue weighted by Gasteiger charge is 2.18. The molecule has 0 unspecified atom stereocenters. The minimum absolute atomic E-state index is 0.0585. The predicted molar refractivity (Wildman–Crippen MR) is 86.7 cm³/mol. The van der Waals surface area contributed by atoms with Gasteiger partial charge in [-0.3, -0.25) is 9.59 Å². The number of imidazole rings is 1. The molecule has 1 aromatic heterocycles. The van der Waals surface area contributed by atoms with Gasteiger partial charge < -0.3 is 15.7 Å². The van der Waals surface area contributed by atoms with Gasteiger partial charge in [-0.25, -0.2) is 9.13 Å². The van der Waals surface area contributed by atoms with Gasteiger partial charge in [0, 0.05) is 6.92 Å². The summed E-state index contributed by atoms with van der Waals surface area (Å²) in [4.78, 5) is 23.1. The van der Waals surface area contributed by atoms with Crippen LogP contribution in [0, 0.1) is 0 Å². The Labute approximate surface area is 142 Å². The molecule has 2 rings (SSSR count). The van der Waals surface area contributed by atoms with Gasteiger partial charge in [-0.2, -0.15) is 0 Å². The molecule has 23 heavy (non-hydrogen) atoms. The van der Waals surface area contributed by atoms with Gasteiger partial charge >= 0.3 is 0 Å². The van der Waals surface area contributed by atoms with Gasteiger partial charge in [-0.15, -0.1) is 0 Å². The zero-order valence-electron chi connectivity index (χ0n) is 12.4. The fourth-order valence-corrected chi connectivity index (χ4v) is 2.50. The minimum atomic E-state index is -0.384. The van der Waals surface area contributed by atoms with Crippen molar-refractivity contribution in [1.82, 2.24) is 4.57 Å². The lowest BCUT2D eigenvalue weighted by Gasteiger charge is -2.13. The summed E-state index contributed by atoms with van der Waals surface area (Å²) < 4.78 is 3.46. The average Bonchev–Trinajstić information content (AvgIpc) is 2.85. The van der Waals surface area contributed by atoms with E-state index in [0.29, 0.717) is 0 Å². The molecule has 122 valence electrons. The predicted octanol–water partition coefficient (Wildman–Crippen LogP) is 1.92. The van der Waals surface area contributed by atoms with Crippen LogP contribution in [0.15, 0.2) is 24.8 Å². The third-order valence-electron chi connectivity index (χ3n) is 2.92. The summed E-state index contributed by atoms with van der Waals surface area (Å²) >= 11 is 12.0. The second-order valence-corrected chi connectivity index (χ2v) is 5.71. The number of aromatic nitrogens is 2. The number of amides is 2. The quantitative estimate of drug-likeness (QED) is 0.577. The Hall–Kier alpha value is -2.25. The summed E-state index contributed by atoms with van der Waals surface area (Å²) in [6, 6.07) is 1.32. The first-order valence-corrected chi connectivity index (χ1v) is 7.33. The number of carbonyl (C=O) groups excluding carboxylic acids is 2. The lowest BCUT2D eigenvalue weighted by atomic mass is 10.2. The molecule has 1 aromatic carbocycles. The Morgan fingerprint density at radius 1 is 1.35 bits per heavy atom. The number of anilines is 2. The first kappa shape index (κ1) is 17.1. The largest absolute Gasteiger partial charge is 0.504 e. The summed E-state index contributed by atoms with van der Waals surface area (Å²) in [7, 11) is 1.83. The van der Waals surface area contributed by atoms with Gasteiger partial charge in [0.05, 0.1) is 23.4 Å². The van der Waals surface area contributed by atoms with Crippen LogP contribution in [-0.4, -0.2) is 21.5 Å². The van der Waals surface area contributed by atoms with Crippen molar-refractivity contribution in [3.63, 3.8) is 0 Å². The van der Waals surface area contributed by atoms with Crippen LogP contribution in [0.3, 0.4) is 0 Å².